The van der Waals surface area contributed by atoms with E-state index in [9.17, 15) is 0 Å². The second kappa shape index (κ2) is 14.2. The third-order valence-electron chi connectivity index (χ3n) is 14.4. The van der Waals surface area contributed by atoms with Crippen LogP contribution in [0.25, 0.3) is 105 Å². The van der Waals surface area contributed by atoms with Crippen LogP contribution in [0, 0.1) is 0 Å². The molecule has 14 rings (SSSR count). The van der Waals surface area contributed by atoms with Gasteiger partial charge in [-0.25, -0.2) is 0 Å². The van der Waals surface area contributed by atoms with Crippen molar-refractivity contribution in [3.63, 3.8) is 0 Å². The highest BCUT2D eigenvalue weighted by molar-refractivity contribution is 6.17. The summed E-state index contributed by atoms with van der Waals surface area (Å²) in [6.45, 7) is 4.70. The Labute approximate surface area is 387 Å². The molecule has 0 bridgehead atoms. The Morgan fingerprint density at radius 3 is 1.58 bits per heavy atom. The van der Waals surface area contributed by atoms with E-state index in [1.54, 1.807) is 0 Å². The summed E-state index contributed by atoms with van der Waals surface area (Å²) in [5, 5.41) is 6.99. The van der Waals surface area contributed by atoms with E-state index in [4.69, 9.17) is 8.83 Å². The Bertz CT molecular complexity index is 4110. The average molecular weight is 859 g/mol. The maximum atomic E-state index is 6.37. The maximum Gasteiger partial charge on any atom is 0.137 e. The van der Waals surface area contributed by atoms with E-state index in [-0.39, 0.29) is 5.41 Å². The summed E-state index contributed by atoms with van der Waals surface area (Å²) in [5.74, 6) is 0. The van der Waals surface area contributed by atoms with Gasteiger partial charge in [0, 0.05) is 66.5 Å². The van der Waals surface area contributed by atoms with Crippen molar-refractivity contribution in [3.05, 3.63) is 230 Å². The van der Waals surface area contributed by atoms with E-state index in [1.165, 1.54) is 38.5 Å². The van der Waals surface area contributed by atoms with E-state index in [1.807, 2.05) is 24.3 Å². The van der Waals surface area contributed by atoms with Crippen molar-refractivity contribution in [2.24, 2.45) is 0 Å². The first-order valence-corrected chi connectivity index (χ1v) is 23.1. The molecule has 0 atom stereocenters. The number of aromatic nitrogens is 1. The fourth-order valence-electron chi connectivity index (χ4n) is 11.1. The van der Waals surface area contributed by atoms with E-state index in [0.717, 1.165) is 94.4 Å². The number of nitrogens with zero attached hydrogens (tertiary/aromatic N) is 2. The largest absolute Gasteiger partial charge is 0.456 e. The Morgan fingerprint density at radius 1 is 0.343 bits per heavy atom. The van der Waals surface area contributed by atoms with Crippen LogP contribution in [-0.2, 0) is 5.41 Å². The van der Waals surface area contributed by atoms with Crippen molar-refractivity contribution in [1.29, 1.82) is 0 Å². The smallest absolute Gasteiger partial charge is 0.137 e. The molecule has 4 heteroatoms. The molecule has 0 saturated heterocycles. The van der Waals surface area contributed by atoms with Gasteiger partial charge < -0.3 is 18.3 Å². The van der Waals surface area contributed by atoms with Crippen LogP contribution in [0.1, 0.15) is 25.0 Å². The van der Waals surface area contributed by atoms with Crippen molar-refractivity contribution in [3.8, 4) is 39.1 Å². The molecule has 13 aromatic rings. The van der Waals surface area contributed by atoms with Crippen LogP contribution in [0.5, 0.6) is 0 Å². The fraction of sp³-hybridized carbons (Fsp3) is 0.0476. The van der Waals surface area contributed by atoms with Crippen LogP contribution in [-0.4, -0.2) is 4.57 Å². The quantitative estimate of drug-likeness (QED) is 0.167. The topological polar surface area (TPSA) is 34.5 Å². The average Bonchev–Trinajstić information content (AvgIpc) is 4.10. The van der Waals surface area contributed by atoms with Crippen LogP contribution in [0.2, 0.25) is 0 Å². The van der Waals surface area contributed by atoms with Gasteiger partial charge in [0.25, 0.3) is 0 Å². The lowest BCUT2D eigenvalue weighted by molar-refractivity contribution is 0.660. The molecule has 3 heterocycles. The predicted molar refractivity (Wildman–Crippen MR) is 278 cm³/mol. The minimum Gasteiger partial charge on any atom is -0.456 e. The summed E-state index contributed by atoms with van der Waals surface area (Å²) in [4.78, 5) is 2.39. The highest BCUT2D eigenvalue weighted by Gasteiger charge is 2.35. The van der Waals surface area contributed by atoms with E-state index < -0.39 is 0 Å². The van der Waals surface area contributed by atoms with Crippen molar-refractivity contribution < 1.29 is 8.83 Å². The molecule has 0 unspecified atom stereocenters. The Morgan fingerprint density at radius 2 is 0.866 bits per heavy atom. The molecule has 316 valence electrons. The molecular weight excluding hydrogens is 817 g/mol. The molecule has 4 nitrogen and oxygen atoms in total. The zero-order chi connectivity index (χ0) is 44.4. The number of hydrogen-bond donors (Lipinski definition) is 0. The molecular formula is C63H42N2O2. The SMILES string of the molecule is CC1(C)c2ccccc2-c2ccc(N(c3ccc(-c4ccc(-n5c6ccccc6c6cc7c(cc65)oc5ccccc57)cc4)cc3)c3ccc(-c4ccc5oc6ccccc6c5c4)cc3)cc21. The number of anilines is 3. The fourth-order valence-corrected chi connectivity index (χ4v) is 11.1. The Balaban J connectivity index is 0.835. The maximum absolute atomic E-state index is 6.37. The summed E-state index contributed by atoms with van der Waals surface area (Å²) in [6, 6.07) is 79.1. The standard InChI is InChI=1S/C63H42N2O2/c1-63(2)55-15-7-3-11-47(55)48-33-32-46(36-56(48)63)64(44-28-23-41(24-29-44)42-25-34-61-53(35-42)50-13-5-9-17-59(50)66-61)43-26-19-39(20-27-43)40-21-30-45(31-22-40)65-57-16-8-4-12-49(57)52-37-54-51-14-6-10-18-60(51)67-62(54)38-58(52)65/h3-38H,1-2H3. The van der Waals surface area contributed by atoms with Gasteiger partial charge in [0.1, 0.15) is 22.3 Å². The lowest BCUT2D eigenvalue weighted by Gasteiger charge is -2.28. The second-order valence-corrected chi connectivity index (χ2v) is 18.5. The van der Waals surface area contributed by atoms with Crippen LogP contribution in [0.3, 0.4) is 0 Å². The van der Waals surface area contributed by atoms with Gasteiger partial charge in [-0.05, 0) is 129 Å². The number of fused-ring (bicyclic) bond motifs is 12. The van der Waals surface area contributed by atoms with Gasteiger partial charge >= 0.3 is 0 Å². The zero-order valence-corrected chi connectivity index (χ0v) is 37.0. The van der Waals surface area contributed by atoms with Crippen molar-refractivity contribution in [2.75, 3.05) is 4.90 Å². The number of para-hydroxylation sites is 3. The minimum atomic E-state index is -0.123. The number of furan rings is 2. The van der Waals surface area contributed by atoms with Gasteiger partial charge in [-0.3, -0.25) is 0 Å². The van der Waals surface area contributed by atoms with Crippen LogP contribution in [0.15, 0.2) is 227 Å². The Hall–Kier alpha value is -8.60. The van der Waals surface area contributed by atoms with Crippen molar-refractivity contribution in [2.45, 2.75) is 19.3 Å². The summed E-state index contributed by atoms with van der Waals surface area (Å²) in [5.41, 5.74) is 20.2. The first-order valence-electron chi connectivity index (χ1n) is 23.1. The molecule has 0 saturated carbocycles. The van der Waals surface area contributed by atoms with Crippen molar-refractivity contribution >= 4 is 82.7 Å². The minimum absolute atomic E-state index is 0.123. The van der Waals surface area contributed by atoms with Crippen molar-refractivity contribution in [1.82, 2.24) is 4.57 Å². The molecule has 1 aliphatic carbocycles. The monoisotopic (exact) mass is 858 g/mol. The van der Waals surface area contributed by atoms with Gasteiger partial charge in [-0.15, -0.1) is 0 Å². The van der Waals surface area contributed by atoms with E-state index >= 15 is 0 Å². The highest BCUT2D eigenvalue weighted by atomic mass is 16.3. The number of benzene rings is 10. The van der Waals surface area contributed by atoms with Crippen LogP contribution in [0.4, 0.5) is 17.1 Å². The van der Waals surface area contributed by atoms with Gasteiger partial charge in [0.2, 0.25) is 0 Å². The second-order valence-electron chi connectivity index (χ2n) is 18.5. The first kappa shape index (κ1) is 37.7. The van der Waals surface area contributed by atoms with E-state index in [2.05, 4.69) is 217 Å². The molecule has 67 heavy (non-hydrogen) atoms. The molecule has 3 aromatic heterocycles. The molecule has 0 spiro atoms. The summed E-state index contributed by atoms with van der Waals surface area (Å²) < 4.78 is 14.9. The normalized spacial score (nSPS) is 13.0. The third-order valence-corrected chi connectivity index (χ3v) is 14.4. The van der Waals surface area contributed by atoms with Crippen LogP contribution >= 0.6 is 0 Å². The zero-order valence-electron chi connectivity index (χ0n) is 37.0. The van der Waals surface area contributed by atoms with Gasteiger partial charge in [0.15, 0.2) is 0 Å². The lowest BCUT2D eigenvalue weighted by Crippen LogP contribution is -2.16. The molecule has 0 N–H and O–H groups in total. The molecule has 0 fully saturated rings. The number of rotatable bonds is 6. The third kappa shape index (κ3) is 5.73. The summed E-state index contributed by atoms with van der Waals surface area (Å²) in [6.07, 6.45) is 0. The first-order chi connectivity index (χ1) is 32.9. The predicted octanol–water partition coefficient (Wildman–Crippen LogP) is 17.7. The molecule has 0 aliphatic heterocycles. The van der Waals surface area contributed by atoms with Crippen LogP contribution < -0.4 is 4.90 Å². The van der Waals surface area contributed by atoms with Gasteiger partial charge in [-0.2, -0.15) is 0 Å². The molecule has 1 aliphatic rings. The summed E-state index contributed by atoms with van der Waals surface area (Å²) >= 11 is 0. The highest BCUT2D eigenvalue weighted by Crippen LogP contribution is 2.51. The van der Waals surface area contributed by atoms with Gasteiger partial charge in [-0.1, -0.05) is 141 Å². The van der Waals surface area contributed by atoms with Gasteiger partial charge in [0.05, 0.1) is 11.0 Å². The molecule has 0 amide bonds. The number of hydrogen-bond acceptors (Lipinski definition) is 3. The Kier molecular flexibility index (Phi) is 8.00. The lowest BCUT2D eigenvalue weighted by atomic mass is 9.82. The van der Waals surface area contributed by atoms with E-state index in [0.29, 0.717) is 0 Å². The molecule has 0 radical (unpaired) electrons. The summed E-state index contributed by atoms with van der Waals surface area (Å²) in [7, 11) is 0. The molecule has 10 aromatic carbocycles.